The Morgan fingerprint density at radius 3 is 2.29 bits per heavy atom. The molecule has 17 heavy (non-hydrogen) atoms. The Bertz CT molecular complexity index is 360. The van der Waals surface area contributed by atoms with Crippen LogP contribution in [0.25, 0.3) is 0 Å². The van der Waals surface area contributed by atoms with Gasteiger partial charge in [0.05, 0.1) is 0 Å². The molecule has 0 saturated heterocycles. The van der Waals surface area contributed by atoms with Crippen LogP contribution in [0.1, 0.15) is 45.9 Å². The lowest BCUT2D eigenvalue weighted by Gasteiger charge is -2.33. The summed E-state index contributed by atoms with van der Waals surface area (Å²) in [6.45, 7) is 12.2. The fraction of sp³-hybridized carbons (Fsp3) is 0.692. The van der Waals surface area contributed by atoms with E-state index < -0.39 is 0 Å². The second kappa shape index (κ2) is 5.60. The van der Waals surface area contributed by atoms with Crippen molar-refractivity contribution in [3.63, 3.8) is 0 Å². The molecule has 0 aromatic carbocycles. The van der Waals surface area contributed by atoms with Crippen molar-refractivity contribution in [2.75, 3.05) is 0 Å². The molecule has 1 N–H and O–H groups in total. The Labute approximate surface area is 122 Å². The number of hydrogen-bond donors (Lipinski definition) is 1. The highest BCUT2D eigenvalue weighted by molar-refractivity contribution is 9.10. The SMILES string of the molecule is CC(C)(C)CC(C)(C)NCc1cc(Br)c(Cl)s1. The highest BCUT2D eigenvalue weighted by Crippen LogP contribution is 2.33. The topological polar surface area (TPSA) is 12.0 Å². The standard InChI is InChI=1S/C13H21BrClNS/c1-12(2,3)8-13(4,5)16-7-9-6-10(14)11(15)17-9/h6,16H,7-8H2,1-5H3. The van der Waals surface area contributed by atoms with Gasteiger partial charge in [-0.3, -0.25) is 0 Å². The van der Waals surface area contributed by atoms with E-state index in [0.717, 1.165) is 21.8 Å². The second-order valence-electron chi connectivity index (χ2n) is 6.31. The highest BCUT2D eigenvalue weighted by Gasteiger charge is 2.24. The van der Waals surface area contributed by atoms with Crippen LogP contribution < -0.4 is 5.32 Å². The first-order valence-electron chi connectivity index (χ1n) is 5.78. The van der Waals surface area contributed by atoms with Crippen molar-refractivity contribution in [1.82, 2.24) is 5.32 Å². The van der Waals surface area contributed by atoms with Crippen molar-refractivity contribution in [2.45, 2.75) is 53.1 Å². The molecule has 0 saturated carbocycles. The number of thiophene rings is 1. The molecule has 0 bridgehead atoms. The zero-order chi connectivity index (χ0) is 13.3. The fourth-order valence-electron chi connectivity index (χ4n) is 2.19. The predicted octanol–water partition coefficient (Wildman–Crippen LogP) is 5.47. The second-order valence-corrected chi connectivity index (χ2v) is 8.90. The third-order valence-electron chi connectivity index (χ3n) is 2.41. The monoisotopic (exact) mass is 337 g/mol. The van der Waals surface area contributed by atoms with Crippen LogP contribution in [0.4, 0.5) is 0 Å². The average molecular weight is 339 g/mol. The Kier molecular flexibility index (Phi) is 5.10. The summed E-state index contributed by atoms with van der Waals surface area (Å²) in [4.78, 5) is 1.27. The molecule has 1 nitrogen and oxygen atoms in total. The Morgan fingerprint density at radius 1 is 1.29 bits per heavy atom. The molecule has 0 atom stereocenters. The molecule has 0 amide bonds. The number of rotatable bonds is 4. The minimum atomic E-state index is 0.140. The highest BCUT2D eigenvalue weighted by atomic mass is 79.9. The van der Waals surface area contributed by atoms with Crippen LogP contribution in [0.15, 0.2) is 10.5 Å². The molecule has 1 aromatic heterocycles. The summed E-state index contributed by atoms with van der Waals surface area (Å²) < 4.78 is 1.82. The smallest absolute Gasteiger partial charge is 0.107 e. The maximum Gasteiger partial charge on any atom is 0.107 e. The van der Waals surface area contributed by atoms with E-state index in [1.165, 1.54) is 4.88 Å². The summed E-state index contributed by atoms with van der Waals surface area (Å²) in [5.41, 5.74) is 0.478. The Morgan fingerprint density at radius 2 is 1.88 bits per heavy atom. The largest absolute Gasteiger partial charge is 0.307 e. The maximum atomic E-state index is 6.03. The van der Waals surface area contributed by atoms with Crippen molar-refractivity contribution >= 4 is 38.9 Å². The van der Waals surface area contributed by atoms with Crippen molar-refractivity contribution in [3.05, 3.63) is 19.8 Å². The van der Waals surface area contributed by atoms with Crippen LogP contribution in [0, 0.1) is 5.41 Å². The first kappa shape index (κ1) is 15.5. The first-order chi connectivity index (χ1) is 7.59. The number of nitrogens with one attached hydrogen (secondary N) is 1. The minimum Gasteiger partial charge on any atom is -0.307 e. The molecule has 0 aliphatic rings. The van der Waals surface area contributed by atoms with Crippen LogP contribution in [0.3, 0.4) is 0 Å². The molecule has 1 heterocycles. The van der Waals surface area contributed by atoms with Crippen LogP contribution >= 0.6 is 38.9 Å². The maximum absolute atomic E-state index is 6.03. The molecule has 0 aliphatic carbocycles. The van der Waals surface area contributed by atoms with Gasteiger partial charge in [-0.2, -0.15) is 0 Å². The summed E-state index contributed by atoms with van der Waals surface area (Å²) in [5, 5.41) is 3.60. The average Bonchev–Trinajstić information content (AvgIpc) is 2.39. The lowest BCUT2D eigenvalue weighted by atomic mass is 9.82. The van der Waals surface area contributed by atoms with Crippen molar-refractivity contribution in [3.8, 4) is 0 Å². The van der Waals surface area contributed by atoms with E-state index in [1.807, 2.05) is 0 Å². The Hall–Kier alpha value is 0.430. The van der Waals surface area contributed by atoms with E-state index in [9.17, 15) is 0 Å². The number of hydrogen-bond acceptors (Lipinski definition) is 2. The van der Waals surface area contributed by atoms with Crippen molar-refractivity contribution < 1.29 is 0 Å². The zero-order valence-electron chi connectivity index (χ0n) is 11.2. The van der Waals surface area contributed by atoms with Crippen LogP contribution in [0.5, 0.6) is 0 Å². The molecule has 0 unspecified atom stereocenters. The van der Waals surface area contributed by atoms with E-state index >= 15 is 0 Å². The molecule has 0 fully saturated rings. The molecule has 0 aliphatic heterocycles. The summed E-state index contributed by atoms with van der Waals surface area (Å²) >= 11 is 11.1. The van der Waals surface area contributed by atoms with E-state index in [-0.39, 0.29) is 5.54 Å². The third kappa shape index (κ3) is 5.73. The molecule has 1 rings (SSSR count). The van der Waals surface area contributed by atoms with Gasteiger partial charge in [-0.1, -0.05) is 32.4 Å². The molecule has 98 valence electrons. The van der Waals surface area contributed by atoms with E-state index in [4.69, 9.17) is 11.6 Å². The van der Waals surface area contributed by atoms with Gasteiger partial charge < -0.3 is 5.32 Å². The lowest BCUT2D eigenvalue weighted by molar-refractivity contribution is 0.241. The summed E-state index contributed by atoms with van der Waals surface area (Å²) in [6.07, 6.45) is 1.14. The first-order valence-corrected chi connectivity index (χ1v) is 7.77. The quantitative estimate of drug-likeness (QED) is 0.767. The van der Waals surface area contributed by atoms with Gasteiger partial charge in [0.1, 0.15) is 4.34 Å². The fourth-order valence-corrected chi connectivity index (χ4v) is 3.92. The van der Waals surface area contributed by atoms with Gasteiger partial charge in [-0.15, -0.1) is 11.3 Å². The van der Waals surface area contributed by atoms with Gasteiger partial charge >= 0.3 is 0 Å². The van der Waals surface area contributed by atoms with E-state index in [2.05, 4.69) is 61.9 Å². The summed E-state index contributed by atoms with van der Waals surface area (Å²) in [6, 6.07) is 2.09. The van der Waals surface area contributed by atoms with Gasteiger partial charge in [0.25, 0.3) is 0 Å². The predicted molar refractivity (Wildman–Crippen MR) is 82.0 cm³/mol. The zero-order valence-corrected chi connectivity index (χ0v) is 14.3. The molecule has 1 aromatic rings. The van der Waals surface area contributed by atoms with Crippen molar-refractivity contribution in [1.29, 1.82) is 0 Å². The minimum absolute atomic E-state index is 0.140. The molecular weight excluding hydrogens is 318 g/mol. The van der Waals surface area contributed by atoms with Crippen LogP contribution in [-0.2, 0) is 6.54 Å². The molecular formula is C13H21BrClNS. The van der Waals surface area contributed by atoms with Crippen LogP contribution in [-0.4, -0.2) is 5.54 Å². The lowest BCUT2D eigenvalue weighted by Crippen LogP contribution is -2.41. The van der Waals surface area contributed by atoms with Crippen molar-refractivity contribution in [2.24, 2.45) is 5.41 Å². The van der Waals surface area contributed by atoms with Gasteiger partial charge in [-0.05, 0) is 47.7 Å². The third-order valence-corrected chi connectivity index (χ3v) is 4.88. The molecule has 0 radical (unpaired) electrons. The molecule has 4 heteroatoms. The Balaban J connectivity index is 2.55. The molecule has 0 spiro atoms. The van der Waals surface area contributed by atoms with Gasteiger partial charge in [0, 0.05) is 21.4 Å². The van der Waals surface area contributed by atoms with E-state index in [0.29, 0.717) is 5.41 Å². The normalized spacial score (nSPS) is 13.1. The summed E-state index contributed by atoms with van der Waals surface area (Å²) in [7, 11) is 0. The van der Waals surface area contributed by atoms with E-state index in [1.54, 1.807) is 11.3 Å². The van der Waals surface area contributed by atoms with Gasteiger partial charge in [0.15, 0.2) is 0 Å². The van der Waals surface area contributed by atoms with Crippen LogP contribution in [0.2, 0.25) is 4.34 Å². The number of halogens is 2. The van der Waals surface area contributed by atoms with Gasteiger partial charge in [-0.25, -0.2) is 0 Å². The van der Waals surface area contributed by atoms with Gasteiger partial charge in [0.2, 0.25) is 0 Å². The summed E-state index contributed by atoms with van der Waals surface area (Å²) in [5.74, 6) is 0.